The standard InChI is InChI=1S/C5H12BNOS2/c1-5(8)7-3-4-10-6(2)9/h9H,3-4H2,1-2H3,(H,7,8). The van der Waals surface area contributed by atoms with E-state index in [0.29, 0.717) is 5.27 Å². The highest BCUT2D eigenvalue weighted by molar-refractivity contribution is 8.48. The molecule has 0 unspecified atom stereocenters. The van der Waals surface area contributed by atoms with Crippen molar-refractivity contribution in [3.8, 4) is 0 Å². The van der Waals surface area contributed by atoms with E-state index < -0.39 is 0 Å². The Morgan fingerprint density at radius 1 is 1.80 bits per heavy atom. The maximum atomic E-state index is 10.3. The van der Waals surface area contributed by atoms with E-state index in [1.54, 1.807) is 11.6 Å². The maximum Gasteiger partial charge on any atom is 0.267 e. The summed E-state index contributed by atoms with van der Waals surface area (Å²) in [4.78, 5) is 10.3. The molecule has 2 nitrogen and oxygen atoms in total. The summed E-state index contributed by atoms with van der Waals surface area (Å²) in [5, 5.41) is 3.06. The first-order chi connectivity index (χ1) is 4.63. The van der Waals surface area contributed by atoms with Gasteiger partial charge in [0.05, 0.1) is 0 Å². The highest BCUT2D eigenvalue weighted by Crippen LogP contribution is 2.07. The van der Waals surface area contributed by atoms with Crippen LogP contribution in [0.15, 0.2) is 0 Å². The van der Waals surface area contributed by atoms with Crippen molar-refractivity contribution in [1.82, 2.24) is 5.32 Å². The summed E-state index contributed by atoms with van der Waals surface area (Å²) >= 11 is 5.90. The van der Waals surface area contributed by atoms with Crippen molar-refractivity contribution in [2.75, 3.05) is 12.3 Å². The van der Waals surface area contributed by atoms with E-state index in [9.17, 15) is 4.79 Å². The van der Waals surface area contributed by atoms with Crippen molar-refractivity contribution in [1.29, 1.82) is 0 Å². The lowest BCUT2D eigenvalue weighted by atomic mass is 10.2. The molecule has 0 aromatic carbocycles. The van der Waals surface area contributed by atoms with Crippen LogP contribution < -0.4 is 5.32 Å². The molecule has 0 bridgehead atoms. The first-order valence-corrected chi connectivity index (χ1v) is 4.73. The molecule has 0 aliphatic carbocycles. The van der Waals surface area contributed by atoms with Gasteiger partial charge in [-0.3, -0.25) is 4.79 Å². The van der Waals surface area contributed by atoms with Crippen LogP contribution in [0.2, 0.25) is 6.82 Å². The van der Waals surface area contributed by atoms with Gasteiger partial charge in [-0.25, -0.2) is 12.5 Å². The molecular formula is C5H12BNOS2. The van der Waals surface area contributed by atoms with Crippen LogP contribution >= 0.6 is 24.1 Å². The predicted octanol–water partition coefficient (Wildman–Crippen LogP) is 0.903. The van der Waals surface area contributed by atoms with Crippen molar-refractivity contribution in [2.45, 2.75) is 13.7 Å². The third kappa shape index (κ3) is 8.23. The van der Waals surface area contributed by atoms with Crippen LogP contribution in [0.5, 0.6) is 0 Å². The number of carbonyl (C=O) groups excluding carboxylic acids is 1. The molecule has 0 saturated carbocycles. The van der Waals surface area contributed by atoms with Crippen LogP contribution in [0.1, 0.15) is 6.92 Å². The van der Waals surface area contributed by atoms with E-state index in [1.807, 2.05) is 6.82 Å². The zero-order valence-electron chi connectivity index (χ0n) is 6.26. The van der Waals surface area contributed by atoms with E-state index in [-0.39, 0.29) is 5.91 Å². The monoisotopic (exact) mass is 177 g/mol. The Morgan fingerprint density at radius 3 is 2.80 bits per heavy atom. The molecule has 0 atom stereocenters. The third-order valence-corrected chi connectivity index (χ3v) is 2.20. The SMILES string of the molecule is CB(S)SCCNC(C)=O. The Kier molecular flexibility index (Phi) is 6.12. The lowest BCUT2D eigenvalue weighted by molar-refractivity contribution is -0.118. The van der Waals surface area contributed by atoms with Crippen molar-refractivity contribution < 1.29 is 4.79 Å². The Hall–Kier alpha value is 0.235. The minimum atomic E-state index is 0.0346. The van der Waals surface area contributed by atoms with Gasteiger partial charge < -0.3 is 5.32 Å². The van der Waals surface area contributed by atoms with Gasteiger partial charge in [0.15, 0.2) is 0 Å². The molecule has 0 aromatic rings. The second-order valence-electron chi connectivity index (χ2n) is 1.95. The minimum absolute atomic E-state index is 0.0346. The number of thiol groups is 1. The molecule has 0 rings (SSSR count). The number of rotatable bonds is 4. The minimum Gasteiger partial charge on any atom is -0.356 e. The molecule has 0 radical (unpaired) electrons. The summed E-state index contributed by atoms with van der Waals surface area (Å²) in [6, 6.07) is 0. The first kappa shape index (κ1) is 10.2. The normalized spacial score (nSPS) is 9.10. The van der Waals surface area contributed by atoms with E-state index in [1.165, 1.54) is 6.92 Å². The summed E-state index contributed by atoms with van der Waals surface area (Å²) in [6.45, 7) is 4.28. The van der Waals surface area contributed by atoms with Crippen LogP contribution in [0.4, 0.5) is 0 Å². The van der Waals surface area contributed by atoms with Gasteiger partial charge in [-0.05, 0) is 0 Å². The molecule has 0 fully saturated rings. The number of carbonyl (C=O) groups is 1. The van der Waals surface area contributed by atoms with Gasteiger partial charge in [0, 0.05) is 19.2 Å². The smallest absolute Gasteiger partial charge is 0.267 e. The topological polar surface area (TPSA) is 29.1 Å². The number of nitrogens with one attached hydrogen (secondary N) is 1. The van der Waals surface area contributed by atoms with Crippen molar-refractivity contribution in [3.05, 3.63) is 0 Å². The average Bonchev–Trinajstić information content (AvgIpc) is 1.79. The van der Waals surface area contributed by atoms with Gasteiger partial charge >= 0.3 is 0 Å². The molecule has 0 aliphatic heterocycles. The molecule has 58 valence electrons. The maximum absolute atomic E-state index is 10.3. The van der Waals surface area contributed by atoms with E-state index in [2.05, 4.69) is 17.8 Å². The van der Waals surface area contributed by atoms with Crippen molar-refractivity contribution in [3.63, 3.8) is 0 Å². The van der Waals surface area contributed by atoms with E-state index >= 15 is 0 Å². The quantitative estimate of drug-likeness (QED) is 0.379. The fraction of sp³-hybridized carbons (Fsp3) is 0.800. The summed E-state index contributed by atoms with van der Waals surface area (Å²) in [5.41, 5.74) is 0. The molecule has 0 aromatic heterocycles. The molecule has 0 spiro atoms. The molecule has 1 amide bonds. The third-order valence-electron chi connectivity index (χ3n) is 0.835. The second kappa shape index (κ2) is 5.98. The largest absolute Gasteiger partial charge is 0.356 e. The average molecular weight is 177 g/mol. The second-order valence-corrected chi connectivity index (χ2v) is 4.53. The summed E-state index contributed by atoms with van der Waals surface area (Å²) in [6.07, 6.45) is 0. The van der Waals surface area contributed by atoms with Gasteiger partial charge in [-0.2, -0.15) is 11.6 Å². The number of hydrogen-bond acceptors (Lipinski definition) is 3. The van der Waals surface area contributed by atoms with Crippen LogP contribution in [0, 0.1) is 0 Å². The van der Waals surface area contributed by atoms with Gasteiger partial charge in [-0.1, -0.05) is 6.82 Å². The first-order valence-electron chi connectivity index (χ1n) is 3.17. The summed E-state index contributed by atoms with van der Waals surface area (Å²) in [7, 11) is 0. The zero-order valence-corrected chi connectivity index (χ0v) is 7.97. The fourth-order valence-electron chi connectivity index (χ4n) is 0.457. The highest BCUT2D eigenvalue weighted by Gasteiger charge is 1.98. The molecule has 5 heteroatoms. The summed E-state index contributed by atoms with van der Waals surface area (Å²) in [5.74, 6) is 0.969. The highest BCUT2D eigenvalue weighted by atomic mass is 32.2. The molecule has 10 heavy (non-hydrogen) atoms. The van der Waals surface area contributed by atoms with Gasteiger partial charge in [0.2, 0.25) is 5.91 Å². The van der Waals surface area contributed by atoms with Gasteiger partial charge in [0.1, 0.15) is 0 Å². The Balaban J connectivity index is 2.98. The lowest BCUT2D eigenvalue weighted by Gasteiger charge is -2.01. The van der Waals surface area contributed by atoms with Gasteiger partial charge in [0.25, 0.3) is 5.27 Å². The fourth-order valence-corrected chi connectivity index (χ4v) is 1.33. The molecule has 1 N–H and O–H groups in total. The molecule has 0 heterocycles. The zero-order chi connectivity index (χ0) is 7.98. The Bertz CT molecular complexity index is 110. The van der Waals surface area contributed by atoms with Gasteiger partial charge in [-0.15, -0.1) is 0 Å². The van der Waals surface area contributed by atoms with Crippen LogP contribution in [0.25, 0.3) is 0 Å². The number of hydrogen-bond donors (Lipinski definition) is 2. The lowest BCUT2D eigenvalue weighted by Crippen LogP contribution is -2.22. The molecule has 0 aliphatic rings. The predicted molar refractivity (Wildman–Crippen MR) is 51.7 cm³/mol. The molecule has 0 saturated heterocycles. The van der Waals surface area contributed by atoms with Crippen LogP contribution in [-0.4, -0.2) is 23.5 Å². The van der Waals surface area contributed by atoms with Crippen molar-refractivity contribution >= 4 is 35.3 Å². The van der Waals surface area contributed by atoms with Crippen LogP contribution in [0.3, 0.4) is 0 Å². The van der Waals surface area contributed by atoms with Crippen molar-refractivity contribution in [2.24, 2.45) is 0 Å². The number of amides is 1. The van der Waals surface area contributed by atoms with Crippen LogP contribution in [-0.2, 0) is 4.79 Å². The Labute approximate surface area is 71.8 Å². The summed E-state index contributed by atoms with van der Waals surface area (Å²) < 4.78 is 0. The Morgan fingerprint density at radius 2 is 2.40 bits per heavy atom. The van der Waals surface area contributed by atoms with E-state index in [0.717, 1.165) is 12.3 Å². The van der Waals surface area contributed by atoms with E-state index in [4.69, 9.17) is 0 Å². The molecular weight excluding hydrogens is 165 g/mol.